The van der Waals surface area contributed by atoms with E-state index in [-0.39, 0.29) is 5.56 Å². The molecule has 4 nitrogen and oxygen atoms in total. The van der Waals surface area contributed by atoms with Gasteiger partial charge in [-0.3, -0.25) is 9.36 Å². The van der Waals surface area contributed by atoms with Crippen molar-refractivity contribution in [3.63, 3.8) is 0 Å². The van der Waals surface area contributed by atoms with Crippen LogP contribution in [0.5, 0.6) is 0 Å². The molecule has 2 heterocycles. The lowest BCUT2D eigenvalue weighted by Crippen LogP contribution is -2.43. The van der Waals surface area contributed by atoms with Crippen LogP contribution in [0.4, 0.5) is 0 Å². The van der Waals surface area contributed by atoms with E-state index in [1.54, 1.807) is 23.9 Å². The molecule has 0 bridgehead atoms. The number of hydrogen-bond acceptors (Lipinski definition) is 4. The van der Waals surface area contributed by atoms with E-state index < -0.39 is 8.07 Å². The van der Waals surface area contributed by atoms with Gasteiger partial charge in [0.2, 0.25) is 0 Å². The van der Waals surface area contributed by atoms with Crippen LogP contribution in [0.2, 0.25) is 21.6 Å². The minimum Gasteiger partial charge on any atom is -0.295 e. The third kappa shape index (κ3) is 4.51. The molecule has 0 aliphatic heterocycles. The molecule has 0 saturated carbocycles. The number of hydrogen-bond donors (Lipinski definition) is 0. The maximum absolute atomic E-state index is 13.7. The smallest absolute Gasteiger partial charge is 0.261 e. The van der Waals surface area contributed by atoms with Gasteiger partial charge in [-0.1, -0.05) is 89.0 Å². The monoisotopic (exact) mass is 497 g/mol. The maximum atomic E-state index is 13.7. The largest absolute Gasteiger partial charge is 0.295 e. The highest BCUT2D eigenvalue weighted by atomic mass is 35.5. The summed E-state index contributed by atoms with van der Waals surface area (Å²) in [4.78, 5) is 22.8. The second kappa shape index (κ2) is 10.0. The number of aromatic nitrogens is 3. The Bertz CT molecular complexity index is 1280. The Labute approximate surface area is 207 Å². The summed E-state index contributed by atoms with van der Waals surface area (Å²) in [5.74, 6) is 3.53. The fourth-order valence-corrected chi connectivity index (χ4v) is 10.8. The van der Waals surface area contributed by atoms with Crippen molar-refractivity contribution in [2.45, 2.75) is 63.3 Å². The molecule has 0 unspecified atom stereocenters. The lowest BCUT2D eigenvalue weighted by molar-refractivity contribution is 0.838. The summed E-state index contributed by atoms with van der Waals surface area (Å²) in [6.07, 6.45) is 3.72. The lowest BCUT2D eigenvalue weighted by atomic mass is 9.99. The van der Waals surface area contributed by atoms with Crippen molar-refractivity contribution in [1.29, 1.82) is 0 Å². The Kier molecular flexibility index (Phi) is 7.78. The van der Waals surface area contributed by atoms with Gasteiger partial charge in [0, 0.05) is 29.4 Å². The van der Waals surface area contributed by atoms with E-state index in [4.69, 9.17) is 11.6 Å². The summed E-state index contributed by atoms with van der Waals surface area (Å²) < 4.78 is 1.58. The number of benzene rings is 1. The van der Waals surface area contributed by atoms with E-state index in [1.807, 2.05) is 24.5 Å². The molecule has 33 heavy (non-hydrogen) atoms. The van der Waals surface area contributed by atoms with Gasteiger partial charge in [-0.15, -0.1) is 5.54 Å². The van der Waals surface area contributed by atoms with E-state index in [0.29, 0.717) is 49.1 Å². The molecule has 0 spiro atoms. The molecule has 0 atom stereocenters. The summed E-state index contributed by atoms with van der Waals surface area (Å²) >= 11 is 8.02. The van der Waals surface area contributed by atoms with E-state index in [2.05, 4.69) is 63.0 Å². The zero-order valence-electron chi connectivity index (χ0n) is 20.7. The molecule has 1 aromatic carbocycles. The van der Waals surface area contributed by atoms with Crippen molar-refractivity contribution in [3.8, 4) is 22.6 Å². The Morgan fingerprint density at radius 2 is 1.67 bits per heavy atom. The second-order valence-electron chi connectivity index (χ2n) is 9.34. The predicted molar refractivity (Wildman–Crippen MR) is 145 cm³/mol. The van der Waals surface area contributed by atoms with Crippen molar-refractivity contribution < 1.29 is 0 Å². The summed E-state index contributed by atoms with van der Waals surface area (Å²) in [5.41, 5.74) is 7.52. The van der Waals surface area contributed by atoms with Gasteiger partial charge in [0.25, 0.3) is 5.56 Å². The molecule has 174 valence electrons. The maximum Gasteiger partial charge on any atom is 0.261 e. The first kappa shape index (κ1) is 25.5. The number of thioether (sulfide) groups is 1. The van der Waals surface area contributed by atoms with Crippen molar-refractivity contribution in [3.05, 3.63) is 51.4 Å². The van der Waals surface area contributed by atoms with Gasteiger partial charge in [-0.2, -0.15) is 0 Å². The minimum absolute atomic E-state index is 0.156. The first-order chi connectivity index (χ1) is 15.6. The quantitative estimate of drug-likeness (QED) is 0.166. The van der Waals surface area contributed by atoms with Crippen molar-refractivity contribution in [2.75, 3.05) is 6.26 Å². The molecule has 2 aromatic heterocycles. The van der Waals surface area contributed by atoms with Crippen molar-refractivity contribution in [2.24, 2.45) is 7.05 Å². The van der Waals surface area contributed by atoms with Crippen LogP contribution >= 0.6 is 23.4 Å². The zero-order valence-corrected chi connectivity index (χ0v) is 23.2. The van der Waals surface area contributed by atoms with Gasteiger partial charge in [-0.25, -0.2) is 9.97 Å². The average Bonchev–Trinajstić information content (AvgIpc) is 2.77. The normalized spacial score (nSPS) is 12.0. The van der Waals surface area contributed by atoms with Crippen LogP contribution in [0.1, 0.15) is 47.1 Å². The van der Waals surface area contributed by atoms with E-state index >= 15 is 0 Å². The van der Waals surface area contributed by atoms with Crippen LogP contribution in [0, 0.1) is 11.5 Å². The van der Waals surface area contributed by atoms with Crippen LogP contribution in [0.25, 0.3) is 22.2 Å². The molecule has 0 saturated heterocycles. The predicted octanol–water partition coefficient (Wildman–Crippen LogP) is 6.94. The lowest BCUT2D eigenvalue weighted by Gasteiger charge is -2.38. The van der Waals surface area contributed by atoms with Crippen molar-refractivity contribution in [1.82, 2.24) is 14.5 Å². The number of fused-ring (bicyclic) bond motifs is 1. The van der Waals surface area contributed by atoms with Crippen molar-refractivity contribution >= 4 is 42.5 Å². The van der Waals surface area contributed by atoms with Gasteiger partial charge in [0.1, 0.15) is 13.7 Å². The third-order valence-electron chi connectivity index (χ3n) is 6.70. The first-order valence-electron chi connectivity index (χ1n) is 11.3. The number of aryl methyl sites for hydroxylation is 1. The second-order valence-corrected chi connectivity index (χ2v) is 16.1. The summed E-state index contributed by atoms with van der Waals surface area (Å²) in [7, 11) is -0.287. The summed E-state index contributed by atoms with van der Waals surface area (Å²) in [6, 6.07) is 7.45. The molecule has 0 aliphatic carbocycles. The molecule has 0 amide bonds. The SMILES string of the molecule is CSc1ncc2c(C#C[Si](C(C)C)(C(C)C)C(C)C)c(-c3ccccc3Cl)c(=O)n(C)c2n1. The van der Waals surface area contributed by atoms with E-state index in [9.17, 15) is 4.79 Å². The third-order valence-corrected chi connectivity index (χ3v) is 13.9. The van der Waals surface area contributed by atoms with Crippen LogP contribution in [0.15, 0.2) is 40.4 Å². The zero-order chi connectivity index (χ0) is 24.5. The molecule has 0 N–H and O–H groups in total. The fraction of sp³-hybridized carbons (Fsp3) is 0.423. The van der Waals surface area contributed by atoms with Crippen LogP contribution in [-0.4, -0.2) is 28.9 Å². The number of nitrogens with zero attached hydrogens (tertiary/aromatic N) is 3. The van der Waals surface area contributed by atoms with Gasteiger partial charge < -0.3 is 0 Å². The van der Waals surface area contributed by atoms with E-state index in [0.717, 1.165) is 5.39 Å². The van der Waals surface area contributed by atoms with Gasteiger partial charge >= 0.3 is 0 Å². The highest BCUT2D eigenvalue weighted by molar-refractivity contribution is 7.98. The Morgan fingerprint density at radius 3 is 2.21 bits per heavy atom. The number of halogens is 1. The Balaban J connectivity index is 2.50. The molecule has 0 aliphatic rings. The Hall–Kier alpha value is -2.07. The molecular formula is C26H32ClN3OSSi. The first-order valence-corrected chi connectivity index (χ1v) is 15.1. The number of pyridine rings is 1. The molecular weight excluding hydrogens is 466 g/mol. The summed E-state index contributed by atoms with van der Waals surface area (Å²) in [6.45, 7) is 13.7. The van der Waals surface area contributed by atoms with Gasteiger partial charge in [0.05, 0.1) is 10.9 Å². The standard InChI is InChI=1S/C26H32ClN3OSSi/c1-16(2)33(17(3)4,18(5)6)14-13-19-21-15-28-26(32-8)29-24(21)30(7)25(31)23(19)20-11-9-10-12-22(20)27/h9-12,15-18H,1-8H3. The van der Waals surface area contributed by atoms with Crippen LogP contribution < -0.4 is 5.56 Å². The molecule has 0 fully saturated rings. The molecule has 3 aromatic rings. The van der Waals surface area contributed by atoms with Crippen LogP contribution in [-0.2, 0) is 7.05 Å². The highest BCUT2D eigenvalue weighted by Crippen LogP contribution is 2.41. The van der Waals surface area contributed by atoms with Gasteiger partial charge in [-0.05, 0) is 28.9 Å². The average molecular weight is 498 g/mol. The molecule has 3 rings (SSSR count). The Morgan fingerprint density at radius 1 is 1.06 bits per heavy atom. The van der Waals surface area contributed by atoms with Crippen LogP contribution in [0.3, 0.4) is 0 Å². The number of rotatable bonds is 5. The molecule has 7 heteroatoms. The van der Waals surface area contributed by atoms with Gasteiger partial charge in [0.15, 0.2) is 5.16 Å². The summed E-state index contributed by atoms with van der Waals surface area (Å²) in [5, 5.41) is 1.92. The fourth-order valence-electron chi connectivity index (χ4n) is 5.04. The topological polar surface area (TPSA) is 47.8 Å². The highest BCUT2D eigenvalue weighted by Gasteiger charge is 2.41. The van der Waals surface area contributed by atoms with E-state index in [1.165, 1.54) is 11.8 Å². The molecule has 0 radical (unpaired) electrons. The minimum atomic E-state index is -2.03.